The van der Waals surface area contributed by atoms with Gasteiger partial charge < -0.3 is 4.74 Å². The van der Waals surface area contributed by atoms with Crippen LogP contribution < -0.4 is 4.74 Å². The van der Waals surface area contributed by atoms with Gasteiger partial charge in [0.2, 0.25) is 0 Å². The molecule has 94 valence electrons. The predicted octanol–water partition coefficient (Wildman–Crippen LogP) is 4.56. The van der Waals surface area contributed by atoms with Gasteiger partial charge in [-0.2, -0.15) is 0 Å². The van der Waals surface area contributed by atoms with Gasteiger partial charge in [-0.25, -0.2) is 0 Å². The summed E-state index contributed by atoms with van der Waals surface area (Å²) in [5.74, 6) is -0.172. The van der Waals surface area contributed by atoms with Gasteiger partial charge in [0.05, 0.1) is 0 Å². The number of benzene rings is 2. The molecule has 0 N–H and O–H groups in total. The van der Waals surface area contributed by atoms with E-state index in [0.717, 1.165) is 0 Å². The monoisotopic (exact) mass is 252 g/mol. The van der Waals surface area contributed by atoms with Crippen LogP contribution in [0, 0.1) is 6.92 Å². The molecule has 0 spiro atoms. The Balaban J connectivity index is 2.47. The Morgan fingerprint density at radius 1 is 0.944 bits per heavy atom. The van der Waals surface area contributed by atoms with Crippen molar-refractivity contribution in [1.82, 2.24) is 0 Å². The fraction of sp³-hybridized carbons (Fsp3) is 0.143. The Morgan fingerprint density at radius 3 is 2.22 bits per heavy atom. The van der Waals surface area contributed by atoms with Gasteiger partial charge in [0.25, 0.3) is 0 Å². The van der Waals surface area contributed by atoms with E-state index in [1.54, 1.807) is 43.3 Å². The van der Waals surface area contributed by atoms with E-state index in [4.69, 9.17) is 0 Å². The summed E-state index contributed by atoms with van der Waals surface area (Å²) in [7, 11) is 0. The average Bonchev–Trinajstić information content (AvgIpc) is 2.28. The minimum Gasteiger partial charge on any atom is -0.405 e. The lowest BCUT2D eigenvalue weighted by molar-refractivity contribution is -0.274. The molecular weight excluding hydrogens is 241 g/mol. The van der Waals surface area contributed by atoms with Crippen molar-refractivity contribution in [3.63, 3.8) is 0 Å². The largest absolute Gasteiger partial charge is 0.573 e. The fourth-order valence-electron chi connectivity index (χ4n) is 1.69. The molecule has 2 rings (SSSR count). The van der Waals surface area contributed by atoms with Gasteiger partial charge in [-0.1, -0.05) is 42.5 Å². The second-order valence-corrected chi connectivity index (χ2v) is 3.91. The summed E-state index contributed by atoms with van der Waals surface area (Å²) in [6.07, 6.45) is -4.68. The van der Waals surface area contributed by atoms with Gasteiger partial charge in [-0.05, 0) is 24.1 Å². The average molecular weight is 252 g/mol. The third-order valence-electron chi connectivity index (χ3n) is 2.45. The van der Waals surface area contributed by atoms with Crippen LogP contribution in [0.4, 0.5) is 13.2 Å². The number of alkyl halides is 3. The summed E-state index contributed by atoms with van der Waals surface area (Å²) in [4.78, 5) is 0. The van der Waals surface area contributed by atoms with Crippen LogP contribution in [-0.2, 0) is 0 Å². The SMILES string of the molecule is Cc1ccc(-c2ccccc2)c(OC(F)(F)F)c1. The number of hydrogen-bond acceptors (Lipinski definition) is 1. The second-order valence-electron chi connectivity index (χ2n) is 3.91. The minimum absolute atomic E-state index is 0.172. The summed E-state index contributed by atoms with van der Waals surface area (Å²) in [6.45, 7) is 1.72. The van der Waals surface area contributed by atoms with Gasteiger partial charge >= 0.3 is 6.36 Å². The summed E-state index contributed by atoms with van der Waals surface area (Å²) in [6, 6.07) is 13.6. The van der Waals surface area contributed by atoms with E-state index < -0.39 is 6.36 Å². The molecule has 0 saturated carbocycles. The molecule has 0 radical (unpaired) electrons. The Morgan fingerprint density at radius 2 is 1.61 bits per heavy atom. The molecule has 0 aromatic heterocycles. The van der Waals surface area contributed by atoms with Gasteiger partial charge in [-0.15, -0.1) is 13.2 Å². The highest BCUT2D eigenvalue weighted by atomic mass is 19.4. The summed E-state index contributed by atoms with van der Waals surface area (Å²) < 4.78 is 41.1. The van der Waals surface area contributed by atoms with Crippen molar-refractivity contribution in [2.75, 3.05) is 0 Å². The predicted molar refractivity (Wildman–Crippen MR) is 63.3 cm³/mol. The van der Waals surface area contributed by atoms with Crippen LogP contribution in [0.25, 0.3) is 11.1 Å². The molecule has 4 heteroatoms. The summed E-state index contributed by atoms with van der Waals surface area (Å²) >= 11 is 0. The first kappa shape index (κ1) is 12.5. The molecule has 0 saturated heterocycles. The molecule has 2 aromatic carbocycles. The zero-order chi connectivity index (χ0) is 13.2. The normalized spacial score (nSPS) is 11.3. The highest BCUT2D eigenvalue weighted by molar-refractivity contribution is 5.70. The van der Waals surface area contributed by atoms with E-state index in [1.807, 2.05) is 6.07 Å². The third kappa shape index (κ3) is 3.03. The van der Waals surface area contributed by atoms with Crippen LogP contribution >= 0.6 is 0 Å². The van der Waals surface area contributed by atoms with Crippen molar-refractivity contribution in [3.8, 4) is 16.9 Å². The number of halogens is 3. The lowest BCUT2D eigenvalue weighted by Gasteiger charge is -2.14. The van der Waals surface area contributed by atoms with E-state index in [9.17, 15) is 13.2 Å². The van der Waals surface area contributed by atoms with E-state index in [1.165, 1.54) is 6.07 Å². The molecule has 0 heterocycles. The molecule has 0 unspecified atom stereocenters. The first-order chi connectivity index (χ1) is 8.46. The maximum absolute atomic E-state index is 12.3. The number of hydrogen-bond donors (Lipinski definition) is 0. The Bertz CT molecular complexity index is 532. The lowest BCUT2D eigenvalue weighted by atomic mass is 10.0. The molecular formula is C14H11F3O. The summed E-state index contributed by atoms with van der Waals surface area (Å²) in [5.41, 5.74) is 1.84. The standard InChI is InChI=1S/C14H11F3O/c1-10-7-8-12(11-5-3-2-4-6-11)13(9-10)18-14(15,16)17/h2-9H,1H3. The maximum Gasteiger partial charge on any atom is 0.573 e. The van der Waals surface area contributed by atoms with Crippen LogP contribution in [0.15, 0.2) is 48.5 Å². The van der Waals surface area contributed by atoms with Crippen molar-refractivity contribution >= 4 is 0 Å². The molecule has 0 fully saturated rings. The van der Waals surface area contributed by atoms with Crippen LogP contribution in [0.5, 0.6) is 5.75 Å². The highest BCUT2D eigenvalue weighted by Gasteiger charge is 2.32. The Hall–Kier alpha value is -1.97. The van der Waals surface area contributed by atoms with E-state index >= 15 is 0 Å². The van der Waals surface area contributed by atoms with Gasteiger partial charge in [0.1, 0.15) is 5.75 Å². The molecule has 2 aromatic rings. The first-order valence-corrected chi connectivity index (χ1v) is 5.37. The van der Waals surface area contributed by atoms with Gasteiger partial charge in [0, 0.05) is 5.56 Å². The second kappa shape index (κ2) is 4.72. The van der Waals surface area contributed by atoms with Crippen molar-refractivity contribution in [1.29, 1.82) is 0 Å². The number of rotatable bonds is 2. The molecule has 0 aliphatic heterocycles. The first-order valence-electron chi connectivity index (χ1n) is 5.37. The minimum atomic E-state index is -4.68. The molecule has 18 heavy (non-hydrogen) atoms. The van der Waals surface area contributed by atoms with Crippen molar-refractivity contribution in [2.24, 2.45) is 0 Å². The Kier molecular flexibility index (Phi) is 3.28. The van der Waals surface area contributed by atoms with Crippen LogP contribution in [0.2, 0.25) is 0 Å². The van der Waals surface area contributed by atoms with Crippen LogP contribution in [-0.4, -0.2) is 6.36 Å². The molecule has 1 nitrogen and oxygen atoms in total. The highest BCUT2D eigenvalue weighted by Crippen LogP contribution is 2.34. The molecule has 0 aliphatic carbocycles. The molecule has 0 atom stereocenters. The fourth-order valence-corrected chi connectivity index (χ4v) is 1.69. The number of ether oxygens (including phenoxy) is 1. The lowest BCUT2D eigenvalue weighted by Crippen LogP contribution is -2.17. The zero-order valence-corrected chi connectivity index (χ0v) is 9.66. The van der Waals surface area contributed by atoms with Crippen LogP contribution in [0.3, 0.4) is 0 Å². The molecule has 0 bridgehead atoms. The van der Waals surface area contributed by atoms with E-state index in [-0.39, 0.29) is 5.75 Å². The smallest absolute Gasteiger partial charge is 0.405 e. The quantitative estimate of drug-likeness (QED) is 0.761. The van der Waals surface area contributed by atoms with Gasteiger partial charge in [0.15, 0.2) is 0 Å². The number of aryl methyl sites for hydroxylation is 1. The van der Waals surface area contributed by atoms with E-state index in [2.05, 4.69) is 4.74 Å². The summed E-state index contributed by atoms with van der Waals surface area (Å²) in [5, 5.41) is 0. The topological polar surface area (TPSA) is 9.23 Å². The molecule has 0 aliphatic rings. The Labute approximate surface area is 103 Å². The third-order valence-corrected chi connectivity index (χ3v) is 2.45. The maximum atomic E-state index is 12.3. The van der Waals surface area contributed by atoms with Crippen molar-refractivity contribution in [3.05, 3.63) is 54.1 Å². The van der Waals surface area contributed by atoms with Crippen LogP contribution in [0.1, 0.15) is 5.56 Å². The van der Waals surface area contributed by atoms with E-state index in [0.29, 0.717) is 16.7 Å². The van der Waals surface area contributed by atoms with Crippen molar-refractivity contribution < 1.29 is 17.9 Å². The zero-order valence-electron chi connectivity index (χ0n) is 9.66. The van der Waals surface area contributed by atoms with Gasteiger partial charge in [-0.3, -0.25) is 0 Å². The molecule has 0 amide bonds. The van der Waals surface area contributed by atoms with Crippen molar-refractivity contribution in [2.45, 2.75) is 13.3 Å².